The highest BCUT2D eigenvalue weighted by Crippen LogP contribution is 2.22. The molecular formula is C20H28N2O3. The minimum absolute atomic E-state index is 0.00294. The van der Waals surface area contributed by atoms with Gasteiger partial charge in [0, 0.05) is 44.6 Å². The molecule has 1 aromatic carbocycles. The highest BCUT2D eigenvalue weighted by molar-refractivity contribution is 5.94. The summed E-state index contributed by atoms with van der Waals surface area (Å²) in [5.41, 5.74) is 1.95. The summed E-state index contributed by atoms with van der Waals surface area (Å²) in [6.07, 6.45) is 0.551. The average Bonchev–Trinajstić information content (AvgIpc) is 2.58. The lowest BCUT2D eigenvalue weighted by Crippen LogP contribution is -2.50. The topological polar surface area (TPSA) is 57.7 Å². The number of amides is 2. The van der Waals surface area contributed by atoms with Gasteiger partial charge in [-0.15, -0.1) is 0 Å². The number of hydrogen-bond acceptors (Lipinski definition) is 3. The van der Waals surface area contributed by atoms with Crippen molar-refractivity contribution in [3.63, 3.8) is 0 Å². The zero-order valence-corrected chi connectivity index (χ0v) is 15.7. The van der Waals surface area contributed by atoms with Gasteiger partial charge >= 0.3 is 0 Å². The van der Waals surface area contributed by atoms with Crippen LogP contribution in [0.2, 0.25) is 0 Å². The second-order valence-corrected chi connectivity index (χ2v) is 7.70. The van der Waals surface area contributed by atoms with E-state index in [1.54, 1.807) is 9.80 Å². The largest absolute Gasteiger partial charge is 0.339 e. The third kappa shape index (κ3) is 5.15. The van der Waals surface area contributed by atoms with E-state index in [1.165, 1.54) is 12.5 Å². The van der Waals surface area contributed by atoms with E-state index in [1.807, 2.05) is 24.3 Å². The molecule has 1 saturated heterocycles. The van der Waals surface area contributed by atoms with E-state index in [-0.39, 0.29) is 35.9 Å². The Morgan fingerprint density at radius 2 is 1.40 bits per heavy atom. The van der Waals surface area contributed by atoms with Crippen molar-refractivity contribution in [3.8, 4) is 0 Å². The number of rotatable bonds is 4. The normalized spacial score (nSPS) is 15.2. The molecule has 0 unspecified atom stereocenters. The first-order chi connectivity index (χ1) is 11.7. The molecule has 1 aromatic rings. The van der Waals surface area contributed by atoms with Crippen molar-refractivity contribution in [1.29, 1.82) is 0 Å². The average molecular weight is 344 g/mol. The maximum Gasteiger partial charge on any atom is 0.253 e. The second-order valence-electron chi connectivity index (χ2n) is 7.70. The van der Waals surface area contributed by atoms with Crippen LogP contribution >= 0.6 is 0 Å². The third-order valence-electron chi connectivity index (χ3n) is 4.61. The maximum absolute atomic E-state index is 12.6. The molecule has 136 valence electrons. The van der Waals surface area contributed by atoms with Crippen LogP contribution in [0.15, 0.2) is 24.3 Å². The Hall–Kier alpha value is -2.17. The van der Waals surface area contributed by atoms with Crippen LogP contribution in [-0.4, -0.2) is 53.6 Å². The minimum Gasteiger partial charge on any atom is -0.339 e. The number of carbonyl (C=O) groups is 3. The summed E-state index contributed by atoms with van der Waals surface area (Å²) in [5, 5.41) is 0. The van der Waals surface area contributed by atoms with Crippen molar-refractivity contribution in [3.05, 3.63) is 35.4 Å². The molecule has 2 rings (SSSR count). The fraction of sp³-hybridized carbons (Fsp3) is 0.550. The van der Waals surface area contributed by atoms with Crippen LogP contribution < -0.4 is 0 Å². The van der Waals surface area contributed by atoms with E-state index < -0.39 is 0 Å². The number of hydrogen-bond donors (Lipinski definition) is 0. The lowest BCUT2D eigenvalue weighted by atomic mass is 9.86. The number of ketones is 1. The molecule has 1 aliphatic rings. The Balaban J connectivity index is 1.91. The molecule has 0 aromatic heterocycles. The smallest absolute Gasteiger partial charge is 0.253 e. The second kappa shape index (κ2) is 7.81. The minimum atomic E-state index is -0.00294. The van der Waals surface area contributed by atoms with Gasteiger partial charge in [-0.3, -0.25) is 9.59 Å². The molecule has 0 saturated carbocycles. The van der Waals surface area contributed by atoms with Gasteiger partial charge in [0.25, 0.3) is 5.91 Å². The Labute approximate surface area is 150 Å². The fourth-order valence-corrected chi connectivity index (χ4v) is 2.90. The van der Waals surface area contributed by atoms with Crippen LogP contribution in [-0.2, 0) is 15.0 Å². The Bertz CT molecular complexity index is 636. The van der Waals surface area contributed by atoms with Gasteiger partial charge in [-0.2, -0.15) is 0 Å². The molecule has 1 fully saturated rings. The van der Waals surface area contributed by atoms with Gasteiger partial charge in [0.05, 0.1) is 0 Å². The summed E-state index contributed by atoms with van der Waals surface area (Å²) >= 11 is 0. The van der Waals surface area contributed by atoms with Crippen molar-refractivity contribution >= 4 is 17.6 Å². The van der Waals surface area contributed by atoms with Crippen molar-refractivity contribution in [2.24, 2.45) is 0 Å². The SMILES string of the molecule is CC(=O)CCC(=O)N1CCN(C(=O)c2ccc(C(C)(C)C)cc2)CC1. The van der Waals surface area contributed by atoms with Gasteiger partial charge < -0.3 is 14.6 Å². The first-order valence-corrected chi connectivity index (χ1v) is 8.85. The van der Waals surface area contributed by atoms with E-state index >= 15 is 0 Å². The summed E-state index contributed by atoms with van der Waals surface area (Å²) in [6.45, 7) is 10.1. The summed E-state index contributed by atoms with van der Waals surface area (Å²) in [7, 11) is 0. The molecule has 5 nitrogen and oxygen atoms in total. The highest BCUT2D eigenvalue weighted by Gasteiger charge is 2.25. The zero-order chi connectivity index (χ0) is 18.6. The quantitative estimate of drug-likeness (QED) is 0.844. The Morgan fingerprint density at radius 1 is 0.880 bits per heavy atom. The molecule has 2 amide bonds. The molecule has 25 heavy (non-hydrogen) atoms. The van der Waals surface area contributed by atoms with Crippen LogP contribution in [0.25, 0.3) is 0 Å². The molecule has 0 atom stereocenters. The van der Waals surface area contributed by atoms with Gasteiger partial charge in [-0.25, -0.2) is 0 Å². The van der Waals surface area contributed by atoms with Crippen molar-refractivity contribution in [1.82, 2.24) is 9.80 Å². The molecule has 0 aliphatic carbocycles. The third-order valence-corrected chi connectivity index (χ3v) is 4.61. The van der Waals surface area contributed by atoms with E-state index in [4.69, 9.17) is 0 Å². The Kier molecular flexibility index (Phi) is 5.98. The summed E-state index contributed by atoms with van der Waals surface area (Å²) in [6, 6.07) is 7.78. The first-order valence-electron chi connectivity index (χ1n) is 8.85. The molecular weight excluding hydrogens is 316 g/mol. The predicted molar refractivity (Wildman–Crippen MR) is 97.5 cm³/mol. The maximum atomic E-state index is 12.6. The van der Waals surface area contributed by atoms with Crippen LogP contribution in [0.3, 0.4) is 0 Å². The zero-order valence-electron chi connectivity index (χ0n) is 15.7. The number of nitrogens with zero attached hydrogens (tertiary/aromatic N) is 2. The van der Waals surface area contributed by atoms with Crippen LogP contribution in [0.1, 0.15) is 56.5 Å². The monoisotopic (exact) mass is 344 g/mol. The fourth-order valence-electron chi connectivity index (χ4n) is 2.90. The summed E-state index contributed by atoms with van der Waals surface area (Å²) in [5.74, 6) is 0.0361. The number of Topliss-reactive ketones (excluding diaryl/α,β-unsaturated/α-hetero) is 1. The number of carbonyl (C=O) groups excluding carboxylic acids is 3. The number of piperazine rings is 1. The molecule has 0 N–H and O–H groups in total. The van der Waals surface area contributed by atoms with E-state index in [9.17, 15) is 14.4 Å². The van der Waals surface area contributed by atoms with Crippen LogP contribution in [0.5, 0.6) is 0 Å². The first kappa shape index (κ1) is 19.2. The van der Waals surface area contributed by atoms with Gasteiger partial charge in [-0.05, 0) is 30.0 Å². The van der Waals surface area contributed by atoms with E-state index in [0.29, 0.717) is 31.7 Å². The molecule has 5 heteroatoms. The molecule has 1 aliphatic heterocycles. The molecule has 0 spiro atoms. The van der Waals surface area contributed by atoms with Crippen LogP contribution in [0.4, 0.5) is 0 Å². The van der Waals surface area contributed by atoms with Gasteiger partial charge in [0.2, 0.25) is 5.91 Å². The lowest BCUT2D eigenvalue weighted by Gasteiger charge is -2.35. The lowest BCUT2D eigenvalue weighted by molar-refractivity contribution is -0.134. The summed E-state index contributed by atoms with van der Waals surface area (Å²) in [4.78, 5) is 39.2. The highest BCUT2D eigenvalue weighted by atomic mass is 16.2. The number of benzene rings is 1. The van der Waals surface area contributed by atoms with E-state index in [0.717, 1.165) is 0 Å². The van der Waals surface area contributed by atoms with E-state index in [2.05, 4.69) is 20.8 Å². The Morgan fingerprint density at radius 3 is 1.88 bits per heavy atom. The van der Waals surface area contributed by atoms with Gasteiger partial charge in [0.1, 0.15) is 5.78 Å². The van der Waals surface area contributed by atoms with Gasteiger partial charge in [-0.1, -0.05) is 32.9 Å². The predicted octanol–water partition coefficient (Wildman–Crippen LogP) is 2.64. The molecule has 1 heterocycles. The van der Waals surface area contributed by atoms with Crippen molar-refractivity contribution < 1.29 is 14.4 Å². The van der Waals surface area contributed by atoms with Gasteiger partial charge in [0.15, 0.2) is 0 Å². The molecule has 0 radical (unpaired) electrons. The van der Waals surface area contributed by atoms with Crippen LogP contribution in [0, 0.1) is 0 Å². The van der Waals surface area contributed by atoms with Crippen molar-refractivity contribution in [2.45, 2.75) is 46.0 Å². The summed E-state index contributed by atoms with van der Waals surface area (Å²) < 4.78 is 0. The standard InChI is InChI=1S/C20H28N2O3/c1-15(23)5-10-18(24)21-11-13-22(14-12-21)19(25)16-6-8-17(9-7-16)20(2,3)4/h6-9H,5,10-14H2,1-4H3. The molecule has 0 bridgehead atoms. The van der Waals surface area contributed by atoms with Crippen molar-refractivity contribution in [2.75, 3.05) is 26.2 Å².